The Kier molecular flexibility index (Phi) is 9.94. The van der Waals surface area contributed by atoms with Crippen molar-refractivity contribution in [1.29, 1.82) is 0 Å². The number of hydrogen-bond acceptors (Lipinski definition) is 3. The Morgan fingerprint density at radius 1 is 0.333 bits per heavy atom. The van der Waals surface area contributed by atoms with Crippen molar-refractivity contribution in [2.24, 2.45) is 17.8 Å². The van der Waals surface area contributed by atoms with Crippen LogP contribution in [0.4, 0.5) is 51.2 Å². The van der Waals surface area contributed by atoms with Gasteiger partial charge in [0.15, 0.2) is 0 Å². The van der Waals surface area contributed by atoms with Gasteiger partial charge in [0.05, 0.1) is 0 Å². The van der Waals surface area contributed by atoms with Crippen molar-refractivity contribution in [2.45, 2.75) is 43.9 Å². The second-order valence-electron chi connectivity index (χ2n) is 22.3. The zero-order chi connectivity index (χ0) is 49.2. The van der Waals surface area contributed by atoms with E-state index < -0.39 is 0 Å². The molecule has 0 N–H and O–H groups in total. The topological polar surface area (TPSA) is 9.72 Å². The van der Waals surface area contributed by atoms with Gasteiger partial charge >= 0.3 is 324 Å². The van der Waals surface area contributed by atoms with E-state index in [1.54, 1.807) is 5.56 Å². The fourth-order valence-electron chi connectivity index (χ4n) is 15.1. The predicted molar refractivity (Wildman–Crippen MR) is 316 cm³/mol. The van der Waals surface area contributed by atoms with E-state index in [-0.39, 0.29) is 21.7 Å². The van der Waals surface area contributed by atoms with Crippen molar-refractivity contribution in [3.8, 4) is 33.4 Å². The molecule has 4 saturated carbocycles. The summed E-state index contributed by atoms with van der Waals surface area (Å²) in [7, 11) is 0. The van der Waals surface area contributed by atoms with Gasteiger partial charge in [-0.15, -0.1) is 0 Å². The van der Waals surface area contributed by atoms with Crippen LogP contribution in [0, 0.1) is 17.8 Å². The number of fused-ring (bicyclic) bond motifs is 6. The molecule has 0 radical (unpaired) electrons. The average molecular weight is 1030 g/mol. The normalized spacial score (nSPS) is 20.2. The van der Waals surface area contributed by atoms with Crippen molar-refractivity contribution < 1.29 is 0 Å². The minimum Gasteiger partial charge on any atom is -0.0617 e. The van der Waals surface area contributed by atoms with E-state index in [9.17, 15) is 0 Å². The van der Waals surface area contributed by atoms with E-state index in [1.807, 2.05) is 0 Å². The van der Waals surface area contributed by atoms with Crippen LogP contribution in [-0.4, -0.2) is 21.7 Å². The van der Waals surface area contributed by atoms with Gasteiger partial charge in [0, 0.05) is 0 Å². The first-order valence-corrected chi connectivity index (χ1v) is 28.9. The first kappa shape index (κ1) is 43.6. The van der Waals surface area contributed by atoms with Gasteiger partial charge in [-0.05, 0) is 23.3 Å². The van der Waals surface area contributed by atoms with Crippen LogP contribution in [0.15, 0.2) is 237 Å². The summed E-state index contributed by atoms with van der Waals surface area (Å²) in [6, 6.07) is 89.5. The number of benzene rings is 10. The summed E-state index contributed by atoms with van der Waals surface area (Å²) in [5, 5.41) is 0. The number of para-hydroxylation sites is 1. The van der Waals surface area contributed by atoms with Crippen LogP contribution in [0.1, 0.15) is 44.1 Å². The van der Waals surface area contributed by atoms with Crippen molar-refractivity contribution >= 4 is 98.2 Å². The molecule has 358 valence electrons. The first-order valence-electron chi connectivity index (χ1n) is 27.2. The van der Waals surface area contributed by atoms with E-state index in [0.29, 0.717) is 5.41 Å². The van der Waals surface area contributed by atoms with Crippen LogP contribution in [0.5, 0.6) is 0 Å². The molecule has 4 fully saturated rings. The van der Waals surface area contributed by atoms with Crippen molar-refractivity contribution in [3.05, 3.63) is 242 Å². The molecule has 0 saturated heterocycles. The molecule has 4 aliphatic carbocycles. The van der Waals surface area contributed by atoms with E-state index in [4.69, 9.17) is 0 Å². The largest absolute Gasteiger partial charge is 0.0617 e. The van der Waals surface area contributed by atoms with Crippen molar-refractivity contribution in [1.82, 2.24) is 0 Å². The molecule has 0 atom stereocenters. The summed E-state index contributed by atoms with van der Waals surface area (Å²) in [6.07, 6.45) is 8.56. The molecule has 5 heteroatoms. The third kappa shape index (κ3) is 7.01. The second kappa shape index (κ2) is 17.1. The summed E-state index contributed by atoms with van der Waals surface area (Å²) in [6.45, 7) is -0.0225. The number of anilines is 9. The van der Waals surface area contributed by atoms with E-state index >= 15 is 0 Å². The van der Waals surface area contributed by atoms with E-state index in [2.05, 4.69) is 251 Å². The molecular weight excluding hydrogens is 973 g/mol. The number of nitrogens with zero attached hydrogens (tertiary/aromatic N) is 3. The van der Waals surface area contributed by atoms with Gasteiger partial charge in [0.2, 0.25) is 0 Å². The maximum Gasteiger partial charge on any atom is -0.0374 e. The zero-order valence-corrected chi connectivity index (χ0v) is 43.5. The summed E-state index contributed by atoms with van der Waals surface area (Å²) in [5.74, 6) is 2.75. The van der Waals surface area contributed by atoms with Crippen LogP contribution < -0.4 is 40.0 Å². The monoisotopic (exact) mass is 1030 g/mol. The summed E-state index contributed by atoms with van der Waals surface area (Å²) in [5.41, 5.74) is 24.2. The van der Waals surface area contributed by atoms with Crippen LogP contribution in [-0.2, 0) is 5.41 Å². The van der Waals surface area contributed by atoms with Crippen LogP contribution in [0.25, 0.3) is 33.4 Å². The fraction of sp³-hybridized carbons (Fsp3) is 0.143. The smallest absolute Gasteiger partial charge is 0.0374 e. The number of rotatable bonds is 7. The molecule has 3 nitrogen and oxygen atoms in total. The minimum absolute atomic E-state index is 0.0225. The molecule has 0 spiro atoms. The first-order chi connectivity index (χ1) is 37.1. The Hall–Kier alpha value is -7.82. The maximum atomic E-state index is 2.69. The maximum absolute atomic E-state index is 2.69. The zero-order valence-electron chi connectivity index (χ0n) is 41.8. The van der Waals surface area contributed by atoms with E-state index in [1.165, 1.54) is 137 Å². The fourth-order valence-corrected chi connectivity index (χ4v) is 17.4. The van der Waals surface area contributed by atoms with Gasteiger partial charge in [-0.25, -0.2) is 0 Å². The summed E-state index contributed by atoms with van der Waals surface area (Å²) >= 11 is 0.201. The molecule has 0 aromatic heterocycles. The molecule has 4 bridgehead atoms. The standard InChI is InChI=1S/C70H54BN3Se/c1-4-13-49(14-5-1)52-23-29-56(30-24-52)72-61-35-27-54(51-17-8-3-9-18-51)40-60(61)71-59-34-33-58(42-66(59)73(65-21-12-20-64(72)69(65)71)57-31-25-53(26-32-57)50-15-6-2-7-16-50)74-62-19-10-11-22-67(62)75-68-41-55(28-36-63(68)74)70-43-46-37-47(44-70)39-48(38-46)45-70/h1-36,40-42,46-48H,37-39,43-45H2. The second-order valence-corrected chi connectivity index (χ2v) is 24.6. The molecule has 3 heterocycles. The van der Waals surface area contributed by atoms with Gasteiger partial charge in [0.25, 0.3) is 0 Å². The SMILES string of the molecule is c1ccc(-c2ccc(N3c4ccc(-c5ccccc5)cc4B4c5ccc(N6c7ccccc7[Se]c7cc(C89CC%10CC(CC(C%10)C8)C9)ccc76)cc5N(c5ccc(-c6ccccc6)cc5)c5cccc3c54)cc2)cc1. The Morgan fingerprint density at radius 3 is 1.41 bits per heavy atom. The summed E-state index contributed by atoms with van der Waals surface area (Å²) < 4.78 is 2.97. The molecule has 7 aliphatic rings. The van der Waals surface area contributed by atoms with Gasteiger partial charge < -0.3 is 0 Å². The summed E-state index contributed by atoms with van der Waals surface area (Å²) in [4.78, 5) is 7.69. The van der Waals surface area contributed by atoms with Crippen LogP contribution >= 0.6 is 0 Å². The molecule has 10 aromatic carbocycles. The third-order valence-electron chi connectivity index (χ3n) is 18.0. The molecular formula is C70H54BN3Se. The van der Waals surface area contributed by atoms with Crippen LogP contribution in [0.3, 0.4) is 0 Å². The van der Waals surface area contributed by atoms with Crippen molar-refractivity contribution in [3.63, 3.8) is 0 Å². The molecule has 0 unspecified atom stereocenters. The number of hydrogen-bond donors (Lipinski definition) is 0. The van der Waals surface area contributed by atoms with Gasteiger partial charge in [0.1, 0.15) is 0 Å². The van der Waals surface area contributed by atoms with E-state index in [0.717, 1.165) is 29.1 Å². The molecule has 10 aromatic rings. The predicted octanol–water partition coefficient (Wildman–Crippen LogP) is 14.7. The Bertz CT molecular complexity index is 3820. The van der Waals surface area contributed by atoms with Crippen molar-refractivity contribution in [2.75, 3.05) is 14.7 Å². The molecule has 3 aliphatic heterocycles. The van der Waals surface area contributed by atoms with Gasteiger partial charge in [-0.3, -0.25) is 0 Å². The third-order valence-corrected chi connectivity index (χ3v) is 20.3. The van der Waals surface area contributed by atoms with Crippen LogP contribution in [0.2, 0.25) is 0 Å². The molecule has 17 rings (SSSR count). The van der Waals surface area contributed by atoms with Gasteiger partial charge in [-0.1, -0.05) is 103 Å². The quantitative estimate of drug-likeness (QED) is 0.147. The Balaban J connectivity index is 0.893. The Morgan fingerprint density at radius 2 is 0.800 bits per heavy atom. The minimum atomic E-state index is -0.0225. The molecule has 75 heavy (non-hydrogen) atoms. The average Bonchev–Trinajstić information content (AvgIpc) is 3.54. The molecule has 0 amide bonds. The van der Waals surface area contributed by atoms with Gasteiger partial charge in [-0.2, -0.15) is 0 Å². The Labute approximate surface area is 447 Å².